The van der Waals surface area contributed by atoms with Gasteiger partial charge in [-0.15, -0.1) is 0 Å². The van der Waals surface area contributed by atoms with E-state index < -0.39 is 0 Å². The lowest BCUT2D eigenvalue weighted by atomic mass is 9.73. The van der Waals surface area contributed by atoms with Crippen LogP contribution in [0, 0.1) is 11.8 Å². The molecule has 252 valence electrons. The molecule has 4 heterocycles. The van der Waals surface area contributed by atoms with Gasteiger partial charge >= 0.3 is 0 Å². The first kappa shape index (κ1) is 34.3. The predicted molar refractivity (Wildman–Crippen MR) is 201 cm³/mol. The maximum Gasteiger partial charge on any atom is 0.139 e. The molecule has 2 aliphatic heterocycles. The number of carbonyl (C=O) groups excluding carboxylic acids is 2. The van der Waals surface area contributed by atoms with Crippen LogP contribution in [0.3, 0.4) is 0 Å². The van der Waals surface area contributed by atoms with Gasteiger partial charge in [0.1, 0.15) is 11.6 Å². The fourth-order valence-electron chi connectivity index (χ4n) is 9.09. The highest BCUT2D eigenvalue weighted by molar-refractivity contribution is 8.00. The summed E-state index contributed by atoms with van der Waals surface area (Å²) in [5, 5.41) is 2.94. The fourth-order valence-corrected chi connectivity index (χ4v) is 11.0. The maximum absolute atomic E-state index is 11.2. The molecule has 0 saturated carbocycles. The number of ketones is 2. The molecule has 2 N–H and O–H groups in total. The molecule has 2 aromatic heterocycles. The van der Waals surface area contributed by atoms with Crippen LogP contribution in [0.15, 0.2) is 48.8 Å². The van der Waals surface area contributed by atoms with E-state index in [1.807, 2.05) is 0 Å². The molecule has 0 radical (unpaired) electrons. The van der Waals surface area contributed by atoms with Crippen molar-refractivity contribution in [1.29, 1.82) is 0 Å². The number of nitrogens with zero attached hydrogens (tertiary/aromatic N) is 2. The standard InChI is InChI=1S/2C19H24N2OS.CH4/c2*1-12(22)10-23-11-13-6-16-15-4-3-5-17-19(15)14(8-20-17)7-18(16)21(2)9-13;/h2*3-5,8,13,16,18,20H,6-7,9-11H2,1-2H3;1H4/t2*13-,16-,18-;/m11./s1. The van der Waals surface area contributed by atoms with Crippen LogP contribution in [-0.2, 0) is 22.4 Å². The van der Waals surface area contributed by atoms with Crippen LogP contribution < -0.4 is 0 Å². The number of likely N-dealkylation sites (tertiary alicyclic amines) is 2. The lowest BCUT2D eigenvalue weighted by Gasteiger charge is -2.45. The average Bonchev–Trinajstić information content (AvgIpc) is 3.64. The van der Waals surface area contributed by atoms with Crippen molar-refractivity contribution in [2.45, 2.75) is 70.9 Å². The number of piperidine rings is 2. The largest absolute Gasteiger partial charge is 0.361 e. The average molecular weight is 673 g/mol. The Balaban J connectivity index is 0.000000161. The van der Waals surface area contributed by atoms with Crippen molar-refractivity contribution in [2.75, 3.05) is 50.2 Å². The van der Waals surface area contributed by atoms with Crippen molar-refractivity contribution in [2.24, 2.45) is 11.8 Å². The number of nitrogens with one attached hydrogen (secondary N) is 2. The minimum absolute atomic E-state index is 0. The van der Waals surface area contributed by atoms with Crippen molar-refractivity contribution in [3.05, 3.63) is 71.0 Å². The van der Waals surface area contributed by atoms with Crippen LogP contribution in [0.4, 0.5) is 0 Å². The Morgan fingerprint density at radius 1 is 0.723 bits per heavy atom. The first-order valence-corrected chi connectivity index (χ1v) is 19.3. The molecular formula is C39H52N4O2S2. The number of aromatic nitrogens is 2. The van der Waals surface area contributed by atoms with Crippen LogP contribution in [0.25, 0.3) is 21.8 Å². The normalized spacial score (nSPS) is 26.6. The van der Waals surface area contributed by atoms with E-state index in [1.165, 1.54) is 56.9 Å². The van der Waals surface area contributed by atoms with Crippen molar-refractivity contribution in [3.8, 4) is 0 Å². The Labute approximate surface area is 289 Å². The quantitative estimate of drug-likeness (QED) is 0.202. The van der Waals surface area contributed by atoms with Crippen molar-refractivity contribution in [3.63, 3.8) is 0 Å². The summed E-state index contributed by atoms with van der Waals surface area (Å²) in [6.45, 7) is 5.68. The zero-order valence-electron chi connectivity index (χ0n) is 27.7. The molecule has 2 aromatic carbocycles. The van der Waals surface area contributed by atoms with Gasteiger partial charge in [-0.3, -0.25) is 9.59 Å². The molecule has 0 bridgehead atoms. The Morgan fingerprint density at radius 2 is 1.15 bits per heavy atom. The lowest BCUT2D eigenvalue weighted by Crippen LogP contribution is -2.48. The second-order valence-corrected chi connectivity index (χ2v) is 16.5. The number of fused-ring (bicyclic) bond motifs is 4. The Kier molecular flexibility index (Phi) is 10.6. The van der Waals surface area contributed by atoms with Crippen molar-refractivity contribution < 1.29 is 9.59 Å². The smallest absolute Gasteiger partial charge is 0.139 e. The van der Waals surface area contributed by atoms with Crippen LogP contribution in [0.5, 0.6) is 0 Å². The highest BCUT2D eigenvalue weighted by atomic mass is 32.2. The molecule has 8 heteroatoms. The summed E-state index contributed by atoms with van der Waals surface area (Å²) in [7, 11) is 4.55. The molecule has 0 unspecified atom stereocenters. The Bertz CT molecular complexity index is 1600. The molecule has 0 spiro atoms. The molecule has 4 aromatic rings. The van der Waals surface area contributed by atoms with Gasteiger partial charge in [0.25, 0.3) is 0 Å². The van der Waals surface area contributed by atoms with E-state index >= 15 is 0 Å². The zero-order chi connectivity index (χ0) is 31.9. The van der Waals surface area contributed by atoms with Gasteiger partial charge in [-0.2, -0.15) is 23.5 Å². The van der Waals surface area contributed by atoms with Gasteiger partial charge < -0.3 is 19.8 Å². The Hall–Kier alpha value is -2.52. The number of Topliss-reactive ketones (excluding diaryl/α,β-unsaturated/α-hetero) is 2. The van der Waals surface area contributed by atoms with Gasteiger partial charge in [0.05, 0.1) is 11.5 Å². The third-order valence-corrected chi connectivity index (χ3v) is 13.6. The highest BCUT2D eigenvalue weighted by Gasteiger charge is 2.40. The van der Waals surface area contributed by atoms with Gasteiger partial charge in [-0.25, -0.2) is 0 Å². The minimum Gasteiger partial charge on any atom is -0.361 e. The van der Waals surface area contributed by atoms with E-state index in [4.69, 9.17) is 0 Å². The number of aromatic amines is 2. The van der Waals surface area contributed by atoms with Gasteiger partial charge in [-0.05, 0) is 111 Å². The Morgan fingerprint density at radius 3 is 1.55 bits per heavy atom. The molecule has 4 aliphatic rings. The summed E-state index contributed by atoms with van der Waals surface area (Å²) in [5.41, 5.74) is 8.59. The maximum atomic E-state index is 11.2. The molecular weight excluding hydrogens is 621 g/mol. The van der Waals surface area contributed by atoms with E-state index in [0.29, 0.717) is 47.3 Å². The summed E-state index contributed by atoms with van der Waals surface area (Å²) in [4.78, 5) is 34.4. The number of thioether (sulfide) groups is 2. The van der Waals surface area contributed by atoms with Gasteiger partial charge in [0.15, 0.2) is 0 Å². The molecule has 47 heavy (non-hydrogen) atoms. The fraction of sp³-hybridized carbons (Fsp3) is 0.538. The summed E-state index contributed by atoms with van der Waals surface area (Å²) in [5.74, 6) is 6.71. The highest BCUT2D eigenvalue weighted by Crippen LogP contribution is 2.46. The number of rotatable bonds is 8. The molecule has 6 nitrogen and oxygen atoms in total. The summed E-state index contributed by atoms with van der Waals surface area (Å²) < 4.78 is 0. The SMILES string of the molecule is C.CC(=O)CSC[C@@H]1C[C@@H]2c3cccc4[nH]cc(c34)C[C@H]2N(C)C1.CC(=O)CSC[C@@H]1C[C@@H]2c3cccc4[nH]cc(c34)C[C@H]2N(C)C1. The topological polar surface area (TPSA) is 72.2 Å². The van der Waals surface area contributed by atoms with Crippen molar-refractivity contribution >= 4 is 56.9 Å². The first-order valence-electron chi connectivity index (χ1n) is 17.0. The summed E-state index contributed by atoms with van der Waals surface area (Å²) in [6.07, 6.45) is 9.23. The van der Waals surface area contributed by atoms with E-state index in [2.05, 4.69) is 82.7 Å². The summed E-state index contributed by atoms with van der Waals surface area (Å²) in [6, 6.07) is 14.7. The first-order chi connectivity index (χ1) is 22.3. The number of benzene rings is 2. The zero-order valence-corrected chi connectivity index (χ0v) is 29.3. The van der Waals surface area contributed by atoms with Gasteiger partial charge in [-0.1, -0.05) is 31.7 Å². The number of likely N-dealkylation sites (N-methyl/N-ethyl adjacent to an activating group) is 2. The number of H-pyrrole nitrogens is 2. The number of hydrogen-bond donors (Lipinski definition) is 2. The number of hydrogen-bond acceptors (Lipinski definition) is 6. The summed E-state index contributed by atoms with van der Waals surface area (Å²) >= 11 is 3.61. The van der Waals surface area contributed by atoms with Gasteiger partial charge in [0, 0.05) is 71.2 Å². The minimum atomic E-state index is 0. The van der Waals surface area contributed by atoms with E-state index in [1.54, 1.807) is 37.4 Å². The second-order valence-electron chi connectivity index (χ2n) is 14.4. The van der Waals surface area contributed by atoms with Crippen LogP contribution in [0.1, 0.15) is 68.2 Å². The van der Waals surface area contributed by atoms with Crippen LogP contribution in [-0.4, -0.2) is 93.6 Å². The van der Waals surface area contributed by atoms with E-state index in [0.717, 1.165) is 37.4 Å². The van der Waals surface area contributed by atoms with Gasteiger partial charge in [0.2, 0.25) is 0 Å². The molecule has 2 fully saturated rings. The predicted octanol–water partition coefficient (Wildman–Crippen LogP) is 7.54. The lowest BCUT2D eigenvalue weighted by molar-refractivity contribution is -0.115. The third kappa shape index (κ3) is 6.99. The van der Waals surface area contributed by atoms with E-state index in [-0.39, 0.29) is 19.0 Å². The van der Waals surface area contributed by atoms with E-state index in [9.17, 15) is 9.59 Å². The molecule has 0 amide bonds. The monoisotopic (exact) mass is 672 g/mol. The molecule has 8 rings (SSSR count). The second kappa shape index (κ2) is 14.5. The molecule has 6 atom stereocenters. The van der Waals surface area contributed by atoms with Crippen LogP contribution >= 0.6 is 23.5 Å². The van der Waals surface area contributed by atoms with Crippen LogP contribution in [0.2, 0.25) is 0 Å². The third-order valence-electron chi connectivity index (χ3n) is 10.9. The number of carbonyl (C=O) groups is 2. The molecule has 2 aliphatic carbocycles. The molecule has 2 saturated heterocycles. The van der Waals surface area contributed by atoms with Crippen molar-refractivity contribution in [1.82, 2.24) is 19.8 Å².